The van der Waals surface area contributed by atoms with Crippen molar-refractivity contribution < 1.29 is 13.8 Å². The van der Waals surface area contributed by atoms with E-state index in [4.69, 9.17) is 10.2 Å². The molecule has 3 N–H and O–H groups in total. The highest BCUT2D eigenvalue weighted by Gasteiger charge is 2.16. The molecular weight excluding hydrogens is 274 g/mol. The number of carbonyl (C=O) groups is 1. The maximum atomic E-state index is 11.9. The molecule has 0 radical (unpaired) electrons. The average molecular weight is 285 g/mol. The molecule has 0 bridgehead atoms. The van der Waals surface area contributed by atoms with Gasteiger partial charge in [0.2, 0.25) is 11.5 Å². The van der Waals surface area contributed by atoms with Crippen molar-refractivity contribution in [2.24, 2.45) is 0 Å². The Kier molecular flexibility index (Phi) is 3.11. The second-order valence-electron chi connectivity index (χ2n) is 4.28. The summed E-state index contributed by atoms with van der Waals surface area (Å²) in [4.78, 5) is 16.1. The zero-order valence-electron chi connectivity index (χ0n) is 11.0. The molecule has 0 aliphatic carbocycles. The van der Waals surface area contributed by atoms with Crippen LogP contribution in [0.2, 0.25) is 0 Å². The van der Waals surface area contributed by atoms with Crippen LogP contribution in [0.3, 0.4) is 0 Å². The number of nitrogen functional groups attached to an aromatic ring is 1. The first-order chi connectivity index (χ1) is 10.1. The van der Waals surface area contributed by atoms with Crippen molar-refractivity contribution >= 4 is 17.4 Å². The molecule has 8 nitrogen and oxygen atoms in total. The molecule has 3 rings (SSSR count). The van der Waals surface area contributed by atoms with Crippen LogP contribution >= 0.6 is 0 Å². The van der Waals surface area contributed by atoms with Crippen LogP contribution in [0.25, 0.3) is 11.3 Å². The minimum absolute atomic E-state index is 0.0498. The second-order valence-corrected chi connectivity index (χ2v) is 4.28. The number of nitrogens with one attached hydrogen (secondary N) is 1. The van der Waals surface area contributed by atoms with Gasteiger partial charge in [0.1, 0.15) is 12.0 Å². The number of anilines is 2. The summed E-state index contributed by atoms with van der Waals surface area (Å²) < 4.78 is 9.53. The molecular formula is C13H11N5O3. The molecule has 0 spiro atoms. The number of oxazole rings is 1. The number of aromatic nitrogens is 3. The number of rotatable bonds is 3. The Labute approximate surface area is 118 Å². The topological polar surface area (TPSA) is 120 Å². The molecule has 0 aliphatic heterocycles. The van der Waals surface area contributed by atoms with Gasteiger partial charge >= 0.3 is 0 Å². The van der Waals surface area contributed by atoms with E-state index < -0.39 is 5.91 Å². The fraction of sp³-hybridized carbons (Fsp3) is 0.0769. The van der Waals surface area contributed by atoms with Crippen LogP contribution in [0, 0.1) is 6.92 Å². The van der Waals surface area contributed by atoms with Crippen LogP contribution in [-0.2, 0) is 0 Å². The maximum absolute atomic E-state index is 11.9. The molecule has 3 aromatic rings. The van der Waals surface area contributed by atoms with Gasteiger partial charge in [-0.1, -0.05) is 12.1 Å². The third-order valence-electron chi connectivity index (χ3n) is 2.79. The van der Waals surface area contributed by atoms with Gasteiger partial charge in [0, 0.05) is 18.2 Å². The smallest absolute Gasteiger partial charge is 0.281 e. The number of amides is 1. The number of benzene rings is 1. The lowest BCUT2D eigenvalue weighted by molar-refractivity contribution is 0.101. The van der Waals surface area contributed by atoms with Crippen LogP contribution in [0.1, 0.15) is 16.4 Å². The normalized spacial score (nSPS) is 10.5. The van der Waals surface area contributed by atoms with Crippen LogP contribution in [0.4, 0.5) is 11.5 Å². The predicted octanol–water partition coefficient (Wildman–Crippen LogP) is 1.87. The summed E-state index contributed by atoms with van der Waals surface area (Å²) in [5.74, 6) is 0.0531. The Bertz CT molecular complexity index is 775. The molecule has 0 fully saturated rings. The molecule has 2 heterocycles. The van der Waals surface area contributed by atoms with Gasteiger partial charge in [0.25, 0.3) is 5.91 Å². The summed E-state index contributed by atoms with van der Waals surface area (Å²) in [6, 6.07) is 7.11. The minimum atomic E-state index is -0.487. The summed E-state index contributed by atoms with van der Waals surface area (Å²) in [6.45, 7) is 1.77. The summed E-state index contributed by atoms with van der Waals surface area (Å²) in [6.07, 6.45) is 1.57. The van der Waals surface area contributed by atoms with Crippen molar-refractivity contribution in [3.63, 3.8) is 0 Å². The van der Waals surface area contributed by atoms with E-state index in [-0.39, 0.29) is 11.5 Å². The number of hydrogen-bond acceptors (Lipinski definition) is 7. The van der Waals surface area contributed by atoms with Crippen molar-refractivity contribution in [3.05, 3.63) is 42.1 Å². The van der Waals surface area contributed by atoms with E-state index in [2.05, 4.69) is 25.2 Å². The van der Waals surface area contributed by atoms with Gasteiger partial charge in [-0.05, 0) is 22.4 Å². The van der Waals surface area contributed by atoms with Crippen molar-refractivity contribution in [2.75, 3.05) is 11.1 Å². The van der Waals surface area contributed by atoms with Crippen LogP contribution in [0.15, 0.2) is 39.6 Å². The number of nitrogens with two attached hydrogens (primary N) is 1. The predicted molar refractivity (Wildman–Crippen MR) is 73.3 cm³/mol. The lowest BCUT2D eigenvalue weighted by atomic mass is 10.1. The quantitative estimate of drug-likeness (QED) is 0.753. The molecule has 0 atom stereocenters. The summed E-state index contributed by atoms with van der Waals surface area (Å²) in [5, 5.41) is 9.43. The van der Waals surface area contributed by atoms with Crippen molar-refractivity contribution in [1.82, 2.24) is 15.3 Å². The van der Waals surface area contributed by atoms with E-state index in [1.54, 1.807) is 25.3 Å². The molecule has 8 heteroatoms. The van der Waals surface area contributed by atoms with Gasteiger partial charge in [0.15, 0.2) is 5.89 Å². The van der Waals surface area contributed by atoms with E-state index in [1.807, 2.05) is 12.1 Å². The molecule has 106 valence electrons. The fourth-order valence-electron chi connectivity index (χ4n) is 1.76. The number of nitrogens with zero attached hydrogens (tertiary/aromatic N) is 3. The molecule has 0 saturated heterocycles. The first-order valence-electron chi connectivity index (χ1n) is 6.05. The lowest BCUT2D eigenvalue weighted by Crippen LogP contribution is -2.14. The third-order valence-corrected chi connectivity index (χ3v) is 2.79. The van der Waals surface area contributed by atoms with Crippen LogP contribution in [0.5, 0.6) is 0 Å². The number of hydrogen-bond donors (Lipinski definition) is 2. The molecule has 0 saturated carbocycles. The summed E-state index contributed by atoms with van der Waals surface area (Å²) in [7, 11) is 0. The molecule has 0 unspecified atom stereocenters. The van der Waals surface area contributed by atoms with E-state index >= 15 is 0 Å². The first kappa shape index (κ1) is 12.9. The van der Waals surface area contributed by atoms with Gasteiger partial charge < -0.3 is 15.5 Å². The average Bonchev–Trinajstić information content (AvgIpc) is 3.08. The van der Waals surface area contributed by atoms with Gasteiger partial charge in [-0.25, -0.2) is 9.61 Å². The van der Waals surface area contributed by atoms with Crippen LogP contribution in [-0.4, -0.2) is 21.2 Å². The summed E-state index contributed by atoms with van der Waals surface area (Å²) >= 11 is 0. The van der Waals surface area contributed by atoms with Crippen LogP contribution < -0.4 is 11.1 Å². The number of aryl methyl sites for hydroxylation is 1. The Morgan fingerprint density at radius 3 is 2.57 bits per heavy atom. The maximum Gasteiger partial charge on any atom is 0.281 e. The van der Waals surface area contributed by atoms with Gasteiger partial charge in [0.05, 0.1) is 0 Å². The van der Waals surface area contributed by atoms with E-state index in [9.17, 15) is 4.79 Å². The largest absolute Gasteiger partial charge is 0.449 e. The Hall–Kier alpha value is -3.16. The molecule has 0 aliphatic rings. The minimum Gasteiger partial charge on any atom is -0.449 e. The highest BCUT2D eigenvalue weighted by molar-refractivity contribution is 6.05. The monoisotopic (exact) mass is 285 g/mol. The van der Waals surface area contributed by atoms with Gasteiger partial charge in [-0.2, -0.15) is 0 Å². The lowest BCUT2D eigenvalue weighted by Gasteiger charge is -2.03. The molecule has 21 heavy (non-hydrogen) atoms. The highest BCUT2D eigenvalue weighted by atomic mass is 16.6. The standard InChI is InChI=1S/C13H11N5O3/c1-7-15-10(6-20-7)8-2-4-9(5-3-8)16-13(19)11-12(14)18-21-17-11/h2-6H,1H3,(H2,14,18)(H,16,19). The number of carbonyl (C=O) groups excluding carboxylic acids is 1. The highest BCUT2D eigenvalue weighted by Crippen LogP contribution is 2.21. The van der Waals surface area contributed by atoms with E-state index in [0.29, 0.717) is 11.6 Å². The molecule has 1 amide bonds. The second kappa shape index (κ2) is 5.08. The Morgan fingerprint density at radius 2 is 2.00 bits per heavy atom. The molecule has 2 aromatic heterocycles. The fourth-order valence-corrected chi connectivity index (χ4v) is 1.76. The zero-order valence-corrected chi connectivity index (χ0v) is 11.0. The van der Waals surface area contributed by atoms with E-state index in [0.717, 1.165) is 11.3 Å². The molecule has 1 aromatic carbocycles. The van der Waals surface area contributed by atoms with Gasteiger partial charge in [-0.15, -0.1) is 0 Å². The Balaban J connectivity index is 1.76. The van der Waals surface area contributed by atoms with E-state index in [1.165, 1.54) is 0 Å². The Morgan fingerprint density at radius 1 is 1.24 bits per heavy atom. The SMILES string of the molecule is Cc1nc(-c2ccc(NC(=O)c3nonc3N)cc2)co1. The van der Waals surface area contributed by atoms with Crippen molar-refractivity contribution in [1.29, 1.82) is 0 Å². The third kappa shape index (κ3) is 2.59. The first-order valence-corrected chi connectivity index (χ1v) is 6.05. The van der Waals surface area contributed by atoms with Gasteiger partial charge in [-0.3, -0.25) is 4.79 Å². The zero-order chi connectivity index (χ0) is 14.8. The van der Waals surface area contributed by atoms with Crippen molar-refractivity contribution in [3.8, 4) is 11.3 Å². The van der Waals surface area contributed by atoms with Crippen molar-refractivity contribution in [2.45, 2.75) is 6.92 Å². The summed E-state index contributed by atoms with van der Waals surface area (Å²) in [5.41, 5.74) is 7.60.